The summed E-state index contributed by atoms with van der Waals surface area (Å²) in [7, 11) is -1.89. The molecule has 0 amide bonds. The monoisotopic (exact) mass is 316 g/mol. The SMILES string of the molecule is OB(O)c1cc(C(F)(F)F)ccc1I. The minimum atomic E-state index is -4.46. The van der Waals surface area contributed by atoms with Crippen LogP contribution in [0.25, 0.3) is 0 Å². The summed E-state index contributed by atoms with van der Waals surface area (Å²) in [5.41, 5.74) is -1.03. The maximum absolute atomic E-state index is 12.2. The van der Waals surface area contributed by atoms with Crippen LogP contribution >= 0.6 is 22.6 Å². The van der Waals surface area contributed by atoms with Crippen LogP contribution in [0.15, 0.2) is 18.2 Å². The molecule has 0 spiro atoms. The fourth-order valence-corrected chi connectivity index (χ4v) is 1.53. The van der Waals surface area contributed by atoms with Crippen molar-refractivity contribution in [3.63, 3.8) is 0 Å². The molecule has 0 radical (unpaired) electrons. The van der Waals surface area contributed by atoms with E-state index in [9.17, 15) is 13.2 Å². The van der Waals surface area contributed by atoms with Gasteiger partial charge in [0.1, 0.15) is 0 Å². The molecular formula is C7H5BF3IO2. The van der Waals surface area contributed by atoms with E-state index in [1.807, 2.05) is 0 Å². The fraction of sp³-hybridized carbons (Fsp3) is 0.143. The summed E-state index contributed by atoms with van der Waals surface area (Å²) < 4.78 is 37.0. The Morgan fingerprint density at radius 1 is 1.21 bits per heavy atom. The van der Waals surface area contributed by atoms with Crippen molar-refractivity contribution in [2.45, 2.75) is 6.18 Å². The lowest BCUT2D eigenvalue weighted by molar-refractivity contribution is -0.137. The van der Waals surface area contributed by atoms with Crippen LogP contribution in [0.3, 0.4) is 0 Å². The number of halogens is 4. The molecule has 2 N–H and O–H groups in total. The molecule has 0 aliphatic rings. The van der Waals surface area contributed by atoms with Gasteiger partial charge in [-0.15, -0.1) is 0 Å². The summed E-state index contributed by atoms with van der Waals surface area (Å²) in [6.45, 7) is 0. The van der Waals surface area contributed by atoms with Crippen LogP contribution in [0.4, 0.5) is 13.2 Å². The van der Waals surface area contributed by atoms with E-state index in [4.69, 9.17) is 10.0 Å². The van der Waals surface area contributed by atoms with E-state index in [0.717, 1.165) is 12.1 Å². The van der Waals surface area contributed by atoms with E-state index in [1.54, 1.807) is 22.6 Å². The molecule has 0 aliphatic heterocycles. The Morgan fingerprint density at radius 3 is 2.21 bits per heavy atom. The van der Waals surface area contributed by atoms with Crippen molar-refractivity contribution in [2.75, 3.05) is 0 Å². The zero-order chi connectivity index (χ0) is 10.9. The molecule has 7 heteroatoms. The molecule has 76 valence electrons. The molecule has 0 saturated carbocycles. The molecule has 0 unspecified atom stereocenters. The van der Waals surface area contributed by atoms with Crippen LogP contribution in [-0.2, 0) is 6.18 Å². The molecule has 1 aromatic carbocycles. The highest BCUT2D eigenvalue weighted by Crippen LogP contribution is 2.28. The Balaban J connectivity index is 3.20. The van der Waals surface area contributed by atoms with Gasteiger partial charge in [0.2, 0.25) is 0 Å². The lowest BCUT2D eigenvalue weighted by atomic mass is 9.79. The number of rotatable bonds is 1. The third-order valence-corrected chi connectivity index (χ3v) is 2.58. The smallest absolute Gasteiger partial charge is 0.423 e. The highest BCUT2D eigenvalue weighted by atomic mass is 127. The number of hydrogen-bond donors (Lipinski definition) is 2. The molecule has 0 aromatic heterocycles. The van der Waals surface area contributed by atoms with E-state index >= 15 is 0 Å². The first-order valence-corrected chi connectivity index (χ1v) is 4.63. The quantitative estimate of drug-likeness (QED) is 0.599. The first kappa shape index (κ1) is 11.8. The zero-order valence-corrected chi connectivity index (χ0v) is 8.87. The highest BCUT2D eigenvalue weighted by molar-refractivity contribution is 14.1. The van der Waals surface area contributed by atoms with Gasteiger partial charge in [0.05, 0.1) is 5.56 Å². The van der Waals surface area contributed by atoms with Crippen LogP contribution in [0.5, 0.6) is 0 Å². The minimum absolute atomic E-state index is 0.138. The molecular weight excluding hydrogens is 311 g/mol. The lowest BCUT2D eigenvalue weighted by Crippen LogP contribution is -2.33. The topological polar surface area (TPSA) is 40.5 Å². The average molecular weight is 316 g/mol. The molecule has 0 atom stereocenters. The van der Waals surface area contributed by atoms with Crippen molar-refractivity contribution in [2.24, 2.45) is 0 Å². The number of benzene rings is 1. The summed E-state index contributed by atoms with van der Waals surface area (Å²) >= 11 is 1.73. The first-order chi connectivity index (χ1) is 6.32. The minimum Gasteiger partial charge on any atom is -0.423 e. The molecule has 0 aliphatic carbocycles. The van der Waals surface area contributed by atoms with E-state index in [1.165, 1.54) is 6.07 Å². The number of alkyl halides is 3. The average Bonchev–Trinajstić information content (AvgIpc) is 2.02. The van der Waals surface area contributed by atoms with Crippen LogP contribution in [0, 0.1) is 3.57 Å². The van der Waals surface area contributed by atoms with Crippen molar-refractivity contribution in [3.05, 3.63) is 27.3 Å². The second kappa shape index (κ2) is 4.07. The molecule has 0 bridgehead atoms. The molecule has 2 nitrogen and oxygen atoms in total. The van der Waals surface area contributed by atoms with Crippen molar-refractivity contribution in [1.29, 1.82) is 0 Å². The van der Waals surface area contributed by atoms with E-state index in [0.29, 0.717) is 3.57 Å². The maximum Gasteiger partial charge on any atom is 0.489 e. The third-order valence-electron chi connectivity index (χ3n) is 1.60. The number of hydrogen-bond acceptors (Lipinski definition) is 2. The van der Waals surface area contributed by atoms with Gasteiger partial charge in [0.15, 0.2) is 0 Å². The summed E-state index contributed by atoms with van der Waals surface area (Å²) in [6, 6.07) is 2.82. The van der Waals surface area contributed by atoms with E-state index < -0.39 is 18.9 Å². The Bertz CT molecular complexity index is 340. The van der Waals surface area contributed by atoms with Crippen molar-refractivity contribution in [3.8, 4) is 0 Å². The third kappa shape index (κ3) is 2.61. The normalized spacial score (nSPS) is 11.6. The molecule has 1 aromatic rings. The maximum atomic E-state index is 12.2. The van der Waals surface area contributed by atoms with Crippen LogP contribution in [0.1, 0.15) is 5.56 Å². The Hall–Kier alpha value is -0.275. The van der Waals surface area contributed by atoms with Crippen LogP contribution in [-0.4, -0.2) is 17.2 Å². The van der Waals surface area contributed by atoms with Gasteiger partial charge in [-0.05, 0) is 46.3 Å². The van der Waals surface area contributed by atoms with Gasteiger partial charge >= 0.3 is 13.3 Å². The van der Waals surface area contributed by atoms with Gasteiger partial charge < -0.3 is 10.0 Å². The Morgan fingerprint density at radius 2 is 1.79 bits per heavy atom. The molecule has 1 rings (SSSR count). The predicted octanol–water partition coefficient (Wildman–Crippen LogP) is 0.990. The molecule has 0 heterocycles. The Labute approximate surface area is 92.0 Å². The largest absolute Gasteiger partial charge is 0.489 e. The second-order valence-corrected chi connectivity index (χ2v) is 3.77. The van der Waals surface area contributed by atoms with Gasteiger partial charge in [-0.3, -0.25) is 0 Å². The lowest BCUT2D eigenvalue weighted by Gasteiger charge is -2.09. The summed E-state index contributed by atoms with van der Waals surface area (Å²) in [5.74, 6) is 0. The van der Waals surface area contributed by atoms with Crippen molar-refractivity contribution >= 4 is 35.2 Å². The highest BCUT2D eigenvalue weighted by Gasteiger charge is 2.32. The zero-order valence-electron chi connectivity index (χ0n) is 6.72. The van der Waals surface area contributed by atoms with Gasteiger partial charge in [0, 0.05) is 3.57 Å². The van der Waals surface area contributed by atoms with Crippen molar-refractivity contribution in [1.82, 2.24) is 0 Å². The standard InChI is InChI=1S/C7H5BF3IO2/c9-7(10,11)4-1-2-6(12)5(3-4)8(13)14/h1-3,13-14H. The second-order valence-electron chi connectivity index (χ2n) is 2.61. The Kier molecular flexibility index (Phi) is 3.43. The molecule has 0 saturated heterocycles. The fourth-order valence-electron chi connectivity index (χ4n) is 0.918. The molecule has 0 fully saturated rings. The summed E-state index contributed by atoms with van der Waals surface area (Å²) in [4.78, 5) is 0. The summed E-state index contributed by atoms with van der Waals surface area (Å²) in [5, 5.41) is 17.6. The molecule has 14 heavy (non-hydrogen) atoms. The van der Waals surface area contributed by atoms with Gasteiger partial charge in [0.25, 0.3) is 0 Å². The van der Waals surface area contributed by atoms with Gasteiger partial charge in [-0.25, -0.2) is 0 Å². The summed E-state index contributed by atoms with van der Waals surface area (Å²) in [6.07, 6.45) is -4.46. The first-order valence-electron chi connectivity index (χ1n) is 3.55. The van der Waals surface area contributed by atoms with Crippen molar-refractivity contribution < 1.29 is 23.2 Å². The van der Waals surface area contributed by atoms with E-state index in [2.05, 4.69) is 0 Å². The predicted molar refractivity (Wildman–Crippen MR) is 54.0 cm³/mol. The van der Waals surface area contributed by atoms with E-state index in [-0.39, 0.29) is 5.46 Å². The van der Waals surface area contributed by atoms with Gasteiger partial charge in [-0.2, -0.15) is 13.2 Å². The van der Waals surface area contributed by atoms with Gasteiger partial charge in [-0.1, -0.05) is 0 Å². The van der Waals surface area contributed by atoms with Crippen LogP contribution < -0.4 is 5.46 Å². The van der Waals surface area contributed by atoms with Crippen LogP contribution in [0.2, 0.25) is 0 Å².